The number of ether oxygens (including phenoxy) is 1. The van der Waals surface area contributed by atoms with Crippen molar-refractivity contribution in [2.24, 2.45) is 0 Å². The Kier molecular flexibility index (Phi) is 6.59. The van der Waals surface area contributed by atoms with Crippen molar-refractivity contribution in [2.45, 2.75) is 31.6 Å². The van der Waals surface area contributed by atoms with Crippen LogP contribution in [0.3, 0.4) is 0 Å². The quantitative estimate of drug-likeness (QED) is 0.726. The molecule has 0 saturated carbocycles. The molecule has 1 amide bonds. The van der Waals surface area contributed by atoms with Gasteiger partial charge in [0.25, 0.3) is 5.91 Å². The zero-order valence-corrected chi connectivity index (χ0v) is 18.0. The average Bonchev–Trinajstić information content (AvgIpc) is 2.73. The predicted octanol–water partition coefficient (Wildman–Crippen LogP) is 3.03. The van der Waals surface area contributed by atoms with Gasteiger partial charge in [0.2, 0.25) is 10.0 Å². The molecule has 0 radical (unpaired) electrons. The summed E-state index contributed by atoms with van der Waals surface area (Å²) in [7, 11) is -3.55. The normalized spacial score (nSPS) is 15.5. The van der Waals surface area contributed by atoms with Gasteiger partial charge in [-0.25, -0.2) is 8.42 Å². The first-order chi connectivity index (χ1) is 13.8. The number of carbonyl (C=O) groups is 1. The Bertz CT molecular complexity index is 930. The zero-order chi connectivity index (χ0) is 21.0. The van der Waals surface area contributed by atoms with Crippen molar-refractivity contribution in [1.82, 2.24) is 9.21 Å². The second kappa shape index (κ2) is 8.97. The molecular weight excluding hydrogens is 388 g/mol. The van der Waals surface area contributed by atoms with Crippen LogP contribution in [0, 0.1) is 6.92 Å². The van der Waals surface area contributed by atoms with Gasteiger partial charge >= 0.3 is 0 Å². The molecule has 6 nitrogen and oxygen atoms in total. The van der Waals surface area contributed by atoms with Crippen LogP contribution in [0.2, 0.25) is 0 Å². The molecule has 2 aromatic rings. The van der Waals surface area contributed by atoms with Gasteiger partial charge in [-0.1, -0.05) is 43.7 Å². The summed E-state index contributed by atoms with van der Waals surface area (Å²) in [6.07, 6.45) is 0. The summed E-state index contributed by atoms with van der Waals surface area (Å²) < 4.78 is 32.8. The van der Waals surface area contributed by atoms with E-state index in [1.165, 1.54) is 4.31 Å². The molecule has 0 unspecified atom stereocenters. The maximum atomic E-state index is 12.9. The van der Waals surface area contributed by atoms with Crippen LogP contribution < -0.4 is 4.74 Å². The lowest BCUT2D eigenvalue weighted by atomic mass is 10.0. The van der Waals surface area contributed by atoms with E-state index in [2.05, 4.69) is 13.8 Å². The van der Waals surface area contributed by atoms with Crippen molar-refractivity contribution >= 4 is 15.9 Å². The molecule has 0 atom stereocenters. The number of benzene rings is 2. The van der Waals surface area contributed by atoms with E-state index in [1.54, 1.807) is 17.0 Å². The van der Waals surface area contributed by atoms with Crippen molar-refractivity contribution in [3.05, 3.63) is 59.7 Å². The monoisotopic (exact) mass is 416 g/mol. The topological polar surface area (TPSA) is 66.9 Å². The maximum absolute atomic E-state index is 12.9. The highest BCUT2D eigenvalue weighted by Gasteiger charge is 2.30. The lowest BCUT2D eigenvalue weighted by molar-refractivity contribution is -0.134. The predicted molar refractivity (Wildman–Crippen MR) is 113 cm³/mol. The van der Waals surface area contributed by atoms with Gasteiger partial charge in [-0.05, 0) is 42.7 Å². The standard InChI is InChI=1S/C22H28N2O4S/c1-17(2)19-6-10-21(11-7-19)29(26,27)24-14-12-23(13-15-24)22(25)16-28-20-8-4-18(3)5-9-20/h4-11,17H,12-16H2,1-3H3. The van der Waals surface area contributed by atoms with Crippen LogP contribution >= 0.6 is 0 Å². The number of hydrogen-bond donors (Lipinski definition) is 0. The molecule has 0 bridgehead atoms. The highest BCUT2D eigenvalue weighted by atomic mass is 32.2. The van der Waals surface area contributed by atoms with E-state index in [1.807, 2.05) is 43.3 Å². The Labute approximate surface area is 173 Å². The molecule has 3 rings (SSSR count). The molecular formula is C22H28N2O4S. The van der Waals surface area contributed by atoms with E-state index in [4.69, 9.17) is 4.74 Å². The van der Waals surface area contributed by atoms with Crippen molar-refractivity contribution < 1.29 is 17.9 Å². The van der Waals surface area contributed by atoms with E-state index in [-0.39, 0.29) is 25.6 Å². The lowest BCUT2D eigenvalue weighted by Crippen LogP contribution is -2.51. The number of sulfonamides is 1. The molecule has 1 saturated heterocycles. The summed E-state index contributed by atoms with van der Waals surface area (Å²) >= 11 is 0. The van der Waals surface area contributed by atoms with Crippen molar-refractivity contribution in [3.63, 3.8) is 0 Å². The number of amides is 1. The first kappa shape index (κ1) is 21.3. The first-order valence-corrected chi connectivity index (χ1v) is 11.3. The largest absolute Gasteiger partial charge is 0.484 e. The summed E-state index contributed by atoms with van der Waals surface area (Å²) in [5.74, 6) is 0.863. The van der Waals surface area contributed by atoms with Crippen LogP contribution in [-0.2, 0) is 14.8 Å². The molecule has 1 aliphatic heterocycles. The SMILES string of the molecule is Cc1ccc(OCC(=O)N2CCN(S(=O)(=O)c3ccc(C(C)C)cc3)CC2)cc1. The van der Waals surface area contributed by atoms with Crippen LogP contribution in [0.15, 0.2) is 53.4 Å². The molecule has 1 fully saturated rings. The van der Waals surface area contributed by atoms with Crippen molar-refractivity contribution in [1.29, 1.82) is 0 Å². The minimum Gasteiger partial charge on any atom is -0.484 e. The highest BCUT2D eigenvalue weighted by Crippen LogP contribution is 2.21. The lowest BCUT2D eigenvalue weighted by Gasteiger charge is -2.34. The molecule has 0 spiro atoms. The zero-order valence-electron chi connectivity index (χ0n) is 17.2. The molecule has 2 aromatic carbocycles. The van der Waals surface area contributed by atoms with E-state index < -0.39 is 10.0 Å². The van der Waals surface area contributed by atoms with Gasteiger partial charge in [0, 0.05) is 26.2 Å². The molecule has 156 valence electrons. The number of nitrogens with zero attached hydrogens (tertiary/aromatic N) is 2. The summed E-state index contributed by atoms with van der Waals surface area (Å²) in [6.45, 7) is 7.37. The number of aryl methyl sites for hydroxylation is 1. The highest BCUT2D eigenvalue weighted by molar-refractivity contribution is 7.89. The summed E-state index contributed by atoms with van der Waals surface area (Å²) in [5.41, 5.74) is 2.23. The molecule has 0 N–H and O–H groups in total. The van der Waals surface area contributed by atoms with Gasteiger partial charge in [0.05, 0.1) is 4.90 Å². The van der Waals surface area contributed by atoms with E-state index >= 15 is 0 Å². The number of rotatable bonds is 6. The van der Waals surface area contributed by atoms with Crippen LogP contribution in [0.25, 0.3) is 0 Å². The van der Waals surface area contributed by atoms with Gasteiger partial charge in [-0.15, -0.1) is 0 Å². The fraction of sp³-hybridized carbons (Fsp3) is 0.409. The van der Waals surface area contributed by atoms with Crippen LogP contribution in [0.5, 0.6) is 5.75 Å². The molecule has 7 heteroatoms. The van der Waals surface area contributed by atoms with Crippen LogP contribution in [0.1, 0.15) is 30.9 Å². The second-order valence-electron chi connectivity index (χ2n) is 7.61. The van der Waals surface area contributed by atoms with Gasteiger partial charge in [-0.2, -0.15) is 4.31 Å². The molecule has 1 heterocycles. The third-order valence-electron chi connectivity index (χ3n) is 5.16. The van der Waals surface area contributed by atoms with E-state index in [9.17, 15) is 13.2 Å². The molecule has 0 aliphatic carbocycles. The molecule has 29 heavy (non-hydrogen) atoms. The Morgan fingerprint density at radius 1 is 0.966 bits per heavy atom. The number of piperazine rings is 1. The van der Waals surface area contributed by atoms with Gasteiger partial charge in [0.15, 0.2) is 6.61 Å². The van der Waals surface area contributed by atoms with E-state index in [0.717, 1.165) is 11.1 Å². The summed E-state index contributed by atoms with van der Waals surface area (Å²) in [5, 5.41) is 0. The third kappa shape index (κ3) is 5.16. The Hall–Kier alpha value is -2.38. The summed E-state index contributed by atoms with van der Waals surface area (Å²) in [4.78, 5) is 14.3. The molecule has 1 aliphatic rings. The van der Waals surface area contributed by atoms with Gasteiger partial charge in [-0.3, -0.25) is 4.79 Å². The van der Waals surface area contributed by atoms with Gasteiger partial charge in [0.1, 0.15) is 5.75 Å². The summed E-state index contributed by atoms with van der Waals surface area (Å²) in [6, 6.07) is 14.6. The Morgan fingerprint density at radius 2 is 1.55 bits per heavy atom. The fourth-order valence-electron chi connectivity index (χ4n) is 3.22. The van der Waals surface area contributed by atoms with Crippen LogP contribution in [-0.4, -0.2) is 56.3 Å². The second-order valence-corrected chi connectivity index (χ2v) is 9.55. The minimum atomic E-state index is -3.55. The minimum absolute atomic E-state index is 0.0491. The van der Waals surface area contributed by atoms with Crippen LogP contribution in [0.4, 0.5) is 0 Å². The number of carbonyl (C=O) groups excluding carboxylic acids is 1. The fourth-order valence-corrected chi connectivity index (χ4v) is 4.64. The maximum Gasteiger partial charge on any atom is 0.260 e. The smallest absolute Gasteiger partial charge is 0.260 e. The first-order valence-electron chi connectivity index (χ1n) is 9.85. The average molecular weight is 417 g/mol. The van der Waals surface area contributed by atoms with Gasteiger partial charge < -0.3 is 9.64 Å². The molecule has 0 aromatic heterocycles. The number of hydrogen-bond acceptors (Lipinski definition) is 4. The Balaban J connectivity index is 1.54. The Morgan fingerprint density at radius 3 is 2.10 bits per heavy atom. The van der Waals surface area contributed by atoms with Crippen molar-refractivity contribution in [2.75, 3.05) is 32.8 Å². The van der Waals surface area contributed by atoms with Crippen molar-refractivity contribution in [3.8, 4) is 5.75 Å². The third-order valence-corrected chi connectivity index (χ3v) is 7.07. The van der Waals surface area contributed by atoms with E-state index in [0.29, 0.717) is 29.7 Å².